The lowest BCUT2D eigenvalue weighted by molar-refractivity contribution is -0.164. The summed E-state index contributed by atoms with van der Waals surface area (Å²) >= 11 is 2.36. The zero-order valence-electron chi connectivity index (χ0n) is 49.3. The third-order valence-electron chi connectivity index (χ3n) is 13.1. The molecule has 0 saturated heterocycles. The van der Waals surface area contributed by atoms with Crippen molar-refractivity contribution in [2.24, 2.45) is 0 Å². The van der Waals surface area contributed by atoms with Gasteiger partial charge in [0.15, 0.2) is 11.3 Å². The number of nitrogen functional groups attached to an aromatic ring is 1. The Morgan fingerprint density at radius 1 is 0.424 bits per heavy atom. The minimum absolute atomic E-state index is 0. The monoisotopic (exact) mass is 1270 g/mol. The number of benzene rings is 10. The highest BCUT2D eigenvalue weighted by atomic mass is 127. The smallest absolute Gasteiger partial charge is 0.327 e. The Bertz CT molecular complexity index is 3610. The first-order valence-corrected chi connectivity index (χ1v) is 27.5. The van der Waals surface area contributed by atoms with Gasteiger partial charge in [-0.15, -0.1) is 0 Å². The molecule has 10 aromatic carbocycles. The molecular weight excluding hydrogens is 1190 g/mol. The number of carbonyl (C=O) groups is 5. The molecule has 0 fully saturated rings. The van der Waals surface area contributed by atoms with Gasteiger partial charge in [-0.1, -0.05) is 200 Å². The van der Waals surface area contributed by atoms with E-state index in [1.165, 1.54) is 19.7 Å². The molecule has 85 heavy (non-hydrogen) atoms. The van der Waals surface area contributed by atoms with E-state index >= 15 is 0 Å². The highest BCUT2D eigenvalue weighted by Gasteiger charge is 2.47. The second-order valence-corrected chi connectivity index (χ2v) is 19.4. The highest BCUT2D eigenvalue weighted by molar-refractivity contribution is 14.1. The van der Waals surface area contributed by atoms with E-state index in [-0.39, 0.29) is 57.2 Å². The molecule has 1 atom stereocenters. The Morgan fingerprint density at radius 2 is 0.741 bits per heavy atom. The van der Waals surface area contributed by atoms with Crippen molar-refractivity contribution in [1.82, 2.24) is 30.8 Å². The average molecular weight is 1270 g/mol. The van der Waals surface area contributed by atoms with E-state index in [0.717, 1.165) is 49.0 Å². The Hall–Kier alpha value is -8.82. The zero-order valence-corrected chi connectivity index (χ0v) is 51.5. The van der Waals surface area contributed by atoms with Gasteiger partial charge in [0, 0.05) is 14.6 Å². The number of anilines is 1. The topological polar surface area (TPSA) is 344 Å². The predicted octanol–water partition coefficient (Wildman–Crippen LogP) is 16.0. The average Bonchev–Trinajstić information content (AvgIpc) is 1.41. The van der Waals surface area contributed by atoms with Gasteiger partial charge in [0.05, 0.1) is 32.3 Å². The fourth-order valence-corrected chi connectivity index (χ4v) is 9.72. The van der Waals surface area contributed by atoms with Crippen molar-refractivity contribution in [3.63, 3.8) is 0 Å². The van der Waals surface area contributed by atoms with Crippen molar-refractivity contribution < 1.29 is 48.0 Å². The molecule has 0 bridgehead atoms. The predicted molar refractivity (Wildman–Crippen MR) is 355 cm³/mol. The van der Waals surface area contributed by atoms with Crippen LogP contribution in [0, 0.1) is 3.57 Å². The van der Waals surface area contributed by atoms with E-state index in [9.17, 15) is 24.0 Å². The fraction of sp³-hybridized carbons (Fsp3) is 0.191. The number of nitrogens with two attached hydrogens (primary N) is 1. The molecule has 18 N–H and O–H groups in total. The van der Waals surface area contributed by atoms with Gasteiger partial charge in [0.2, 0.25) is 0 Å². The number of hydrogen-bond acceptors (Lipinski definition) is 15. The van der Waals surface area contributed by atoms with Crippen molar-refractivity contribution in [1.29, 1.82) is 0 Å². The normalized spacial score (nSPS) is 10.4. The first-order valence-electron chi connectivity index (χ1n) is 26.4. The number of fused-ring (bicyclic) bond motifs is 5. The lowest BCUT2D eigenvalue weighted by atomic mass is 9.80. The highest BCUT2D eigenvalue weighted by Crippen LogP contribution is 2.34. The number of esters is 4. The van der Waals surface area contributed by atoms with Crippen LogP contribution in [0.1, 0.15) is 70.1 Å². The first-order chi connectivity index (χ1) is 38.7. The van der Waals surface area contributed by atoms with Gasteiger partial charge in [-0.25, -0.2) is 0 Å². The molecule has 16 nitrogen and oxygen atoms in total. The SMILES string of the molecule is CC(C(=O)O)c1cccc2ccccc12.CCOC(=O)C(C(=O)OCC)c1cccc2ccccc12.CCOC(=O)C(C)(C(=O)OCC)c1cccc2ccccc12.Ic1cccc2ccccc12.N.N.N.N.N.Nc1cccc2ccccc12. The third kappa shape index (κ3) is 18.8. The van der Waals surface area contributed by atoms with Gasteiger partial charge in [-0.05, 0) is 141 Å². The van der Waals surface area contributed by atoms with Crippen LogP contribution in [0.15, 0.2) is 212 Å². The number of rotatable bonds is 12. The molecule has 0 heterocycles. The number of hydrogen-bond donors (Lipinski definition) is 7. The maximum absolute atomic E-state index is 12.5. The molecule has 0 aromatic heterocycles. The van der Waals surface area contributed by atoms with E-state index in [2.05, 4.69) is 77.2 Å². The summed E-state index contributed by atoms with van der Waals surface area (Å²) in [6, 6.07) is 68.7. The summed E-state index contributed by atoms with van der Waals surface area (Å²) in [5, 5.41) is 19.7. The van der Waals surface area contributed by atoms with Crippen molar-refractivity contribution in [2.75, 3.05) is 32.2 Å². The van der Waals surface area contributed by atoms with E-state index in [1.54, 1.807) is 53.7 Å². The Balaban J connectivity index is 0.000000536. The van der Waals surface area contributed by atoms with Crippen LogP contribution in [0.4, 0.5) is 5.69 Å². The standard InChI is InChI=1S/C18H20O4.C17H18O4.C13H12O2.C10H7I.C10H9N.5H3N/c1-4-21-16(19)18(3,17(20)22-5-2)15-12-8-10-13-9-6-7-11-14(13)15;1-3-20-16(18)15(17(19)21-4-2)14-11-7-9-12-8-5-6-10-13(12)14;1-9(13(14)15)11-8-4-6-10-5-2-3-7-12(10)11;2*11-10-7-3-5-8-4-1-2-6-9(8)10;;;;;/h6-12H,4-5H2,1-3H3;5-11,15H,3-4H2,1-2H3;2-9H,1H3,(H,14,15);1-7H;1-7H,11H2;5*1H3. The maximum Gasteiger partial charge on any atom is 0.327 e. The summed E-state index contributed by atoms with van der Waals surface area (Å²) in [7, 11) is 0. The van der Waals surface area contributed by atoms with Gasteiger partial charge in [0.1, 0.15) is 0 Å². The molecule has 17 heteroatoms. The summed E-state index contributed by atoms with van der Waals surface area (Å²) in [5.41, 5.74) is 7.22. The Labute approximate surface area is 511 Å². The van der Waals surface area contributed by atoms with Crippen molar-refractivity contribution in [2.45, 2.75) is 58.8 Å². The molecular formula is C68H81IN6O10. The molecule has 0 amide bonds. The molecule has 1 unspecified atom stereocenters. The van der Waals surface area contributed by atoms with E-state index in [0.29, 0.717) is 11.1 Å². The molecule has 450 valence electrons. The van der Waals surface area contributed by atoms with Gasteiger partial charge in [-0.2, -0.15) is 0 Å². The van der Waals surface area contributed by atoms with Crippen molar-refractivity contribution >= 4 is 112 Å². The van der Waals surface area contributed by atoms with Crippen LogP contribution in [0.2, 0.25) is 0 Å². The van der Waals surface area contributed by atoms with Gasteiger partial charge in [-0.3, -0.25) is 24.0 Å². The fourth-order valence-electron chi connectivity index (χ4n) is 9.02. The third-order valence-corrected chi connectivity index (χ3v) is 14.0. The number of aliphatic carboxylic acids is 1. The molecule has 0 saturated carbocycles. The lowest BCUT2D eigenvalue weighted by Crippen LogP contribution is -2.43. The number of carboxylic acids is 1. The van der Waals surface area contributed by atoms with Gasteiger partial charge in [0.25, 0.3) is 0 Å². The lowest BCUT2D eigenvalue weighted by Gasteiger charge is -2.26. The van der Waals surface area contributed by atoms with E-state index in [4.69, 9.17) is 29.8 Å². The van der Waals surface area contributed by atoms with Crippen molar-refractivity contribution in [3.8, 4) is 0 Å². The van der Waals surface area contributed by atoms with Crippen LogP contribution in [0.25, 0.3) is 53.9 Å². The summed E-state index contributed by atoms with van der Waals surface area (Å²) < 4.78 is 21.7. The number of carboxylic acid groups (broad SMARTS) is 1. The number of ether oxygens (including phenoxy) is 4. The Morgan fingerprint density at radius 3 is 1.16 bits per heavy atom. The minimum atomic E-state index is -1.48. The molecule has 0 aliphatic carbocycles. The van der Waals surface area contributed by atoms with E-state index < -0.39 is 47.1 Å². The van der Waals surface area contributed by atoms with Crippen LogP contribution < -0.4 is 36.5 Å². The van der Waals surface area contributed by atoms with E-state index in [1.807, 2.05) is 146 Å². The summed E-state index contributed by atoms with van der Waals surface area (Å²) in [6.45, 7) is 11.0. The van der Waals surface area contributed by atoms with Gasteiger partial charge >= 0.3 is 29.8 Å². The van der Waals surface area contributed by atoms with Crippen molar-refractivity contribution in [3.05, 3.63) is 233 Å². The molecule has 10 rings (SSSR count). The first kappa shape index (κ1) is 74.2. The molecule has 10 aromatic rings. The second kappa shape index (κ2) is 36.7. The number of halogens is 1. The molecule has 0 aliphatic heterocycles. The Kier molecular flexibility index (Phi) is 32.0. The van der Waals surface area contributed by atoms with Crippen LogP contribution in [-0.4, -0.2) is 61.4 Å². The van der Waals surface area contributed by atoms with Crippen LogP contribution in [0.3, 0.4) is 0 Å². The summed E-state index contributed by atoms with van der Waals surface area (Å²) in [6.07, 6.45) is 0. The zero-order chi connectivity index (χ0) is 57.6. The minimum Gasteiger partial charge on any atom is -0.481 e. The molecule has 0 spiro atoms. The number of carbonyl (C=O) groups excluding carboxylic acids is 4. The second-order valence-electron chi connectivity index (χ2n) is 18.3. The maximum atomic E-state index is 12.5. The largest absolute Gasteiger partial charge is 0.481 e. The molecule has 0 aliphatic rings. The summed E-state index contributed by atoms with van der Waals surface area (Å²) in [4.78, 5) is 60.3. The van der Waals surface area contributed by atoms with Crippen LogP contribution in [0.5, 0.6) is 0 Å². The molecule has 0 radical (unpaired) electrons. The quantitative estimate of drug-likeness (QED) is 0.0196. The van der Waals surface area contributed by atoms with Gasteiger partial charge < -0.3 is 60.5 Å². The van der Waals surface area contributed by atoms with Crippen LogP contribution >= 0.6 is 22.6 Å². The summed E-state index contributed by atoms with van der Waals surface area (Å²) in [5.74, 6) is -4.63. The van der Waals surface area contributed by atoms with Crippen LogP contribution in [-0.2, 0) is 48.3 Å².